The predicted molar refractivity (Wildman–Crippen MR) is 177 cm³/mol. The highest BCUT2D eigenvalue weighted by Gasteiger charge is 2.41. The van der Waals surface area contributed by atoms with Crippen molar-refractivity contribution in [1.82, 2.24) is 14.5 Å². The quantitative estimate of drug-likeness (QED) is 0.216. The van der Waals surface area contributed by atoms with Gasteiger partial charge in [0.15, 0.2) is 0 Å². The number of hydrogen-bond donors (Lipinski definition) is 0. The van der Waals surface area contributed by atoms with Crippen LogP contribution in [0.4, 0.5) is 0 Å². The van der Waals surface area contributed by atoms with Gasteiger partial charge in [-0.1, -0.05) is 119 Å². The lowest BCUT2D eigenvalue weighted by Gasteiger charge is -2.22. The van der Waals surface area contributed by atoms with Crippen LogP contribution in [0.2, 0.25) is 0 Å². The Hall–Kier alpha value is -4.76. The molecule has 0 fully saturated rings. The summed E-state index contributed by atoms with van der Waals surface area (Å²) in [5, 5.41) is 3.67. The molecule has 3 heteroatoms. The third kappa shape index (κ3) is 3.20. The molecule has 3 aliphatic rings. The molecule has 6 aromatic rings. The van der Waals surface area contributed by atoms with Crippen molar-refractivity contribution >= 4 is 23.1 Å². The van der Waals surface area contributed by atoms with E-state index < -0.39 is 0 Å². The highest BCUT2D eigenvalue weighted by Crippen LogP contribution is 2.51. The predicted octanol–water partition coefficient (Wildman–Crippen LogP) is 8.05. The van der Waals surface area contributed by atoms with E-state index in [-0.39, 0.29) is 10.8 Å². The number of benzene rings is 4. The zero-order valence-corrected chi connectivity index (χ0v) is 25.1. The van der Waals surface area contributed by atoms with Gasteiger partial charge in [-0.05, 0) is 58.4 Å². The highest BCUT2D eigenvalue weighted by molar-refractivity contribution is 5.99. The second-order valence-corrected chi connectivity index (χ2v) is 13.3. The van der Waals surface area contributed by atoms with Gasteiger partial charge >= 0.3 is 0 Å². The lowest BCUT2D eigenvalue weighted by Crippen LogP contribution is -2.35. The van der Waals surface area contributed by atoms with Crippen LogP contribution in [-0.4, -0.2) is 14.5 Å². The van der Waals surface area contributed by atoms with Crippen molar-refractivity contribution < 1.29 is 0 Å². The molecule has 2 aromatic heterocycles. The lowest BCUT2D eigenvalue weighted by atomic mass is 9.82. The summed E-state index contributed by atoms with van der Waals surface area (Å²) in [6.45, 7) is 9.40. The summed E-state index contributed by atoms with van der Waals surface area (Å²) in [5.41, 5.74) is 13.5. The van der Waals surface area contributed by atoms with E-state index >= 15 is 0 Å². The first-order chi connectivity index (χ1) is 20.9. The minimum atomic E-state index is -0.0995. The van der Waals surface area contributed by atoms with Gasteiger partial charge in [0.2, 0.25) is 5.95 Å². The van der Waals surface area contributed by atoms with Gasteiger partial charge in [0, 0.05) is 32.6 Å². The van der Waals surface area contributed by atoms with Gasteiger partial charge in [0.05, 0.1) is 22.3 Å². The first kappa shape index (κ1) is 24.8. The molecular formula is C40H33N3. The Morgan fingerprint density at radius 3 is 2.09 bits per heavy atom. The average Bonchev–Trinajstić information content (AvgIpc) is 3.58. The molecule has 0 aliphatic heterocycles. The van der Waals surface area contributed by atoms with Crippen LogP contribution in [0.5, 0.6) is 0 Å². The summed E-state index contributed by atoms with van der Waals surface area (Å²) in [4.78, 5) is 10.9. The van der Waals surface area contributed by atoms with Gasteiger partial charge in [0.1, 0.15) is 0 Å². The smallest absolute Gasteiger partial charge is 0.235 e. The normalized spacial score (nSPS) is 16.5. The molecule has 0 unspecified atom stereocenters. The molecule has 0 saturated heterocycles. The minimum absolute atomic E-state index is 0.0985. The maximum atomic E-state index is 5.46. The van der Waals surface area contributed by atoms with Crippen LogP contribution >= 0.6 is 0 Å². The summed E-state index contributed by atoms with van der Waals surface area (Å²) >= 11 is 0. The van der Waals surface area contributed by atoms with Gasteiger partial charge in [0.25, 0.3) is 0 Å². The Morgan fingerprint density at radius 1 is 0.628 bits per heavy atom. The fraction of sp³-hybridized carbons (Fsp3) is 0.200. The van der Waals surface area contributed by atoms with Crippen LogP contribution in [-0.2, 0) is 10.8 Å². The van der Waals surface area contributed by atoms with E-state index in [1.54, 1.807) is 0 Å². The summed E-state index contributed by atoms with van der Waals surface area (Å²) < 4.78 is 2.37. The monoisotopic (exact) mass is 555 g/mol. The van der Waals surface area contributed by atoms with Gasteiger partial charge < -0.3 is 0 Å². The zero-order valence-electron chi connectivity index (χ0n) is 25.1. The standard InChI is InChI=1S/C40H33N3/c1-39(2)30-19-11-8-16-25(30)28-22-29-33(23-32(28)39)41-38(42-36(29)24-14-6-5-7-15-24)43-34-21-13-10-18-27(34)35-37(43)26-17-9-12-20-31(26)40(35,3)4/h5-9,11-12,14-23H,10,13H2,1-4H3. The van der Waals surface area contributed by atoms with E-state index in [1.807, 2.05) is 0 Å². The van der Waals surface area contributed by atoms with Crippen molar-refractivity contribution in [1.29, 1.82) is 0 Å². The van der Waals surface area contributed by atoms with Gasteiger partial charge in [-0.25, -0.2) is 9.97 Å². The molecule has 9 rings (SSSR count). The molecular weight excluding hydrogens is 522 g/mol. The topological polar surface area (TPSA) is 30.7 Å². The van der Waals surface area contributed by atoms with Crippen molar-refractivity contribution in [2.75, 3.05) is 0 Å². The molecule has 0 atom stereocenters. The third-order valence-electron chi connectivity index (χ3n) is 10.2. The Balaban J connectivity index is 1.41. The summed E-state index contributed by atoms with van der Waals surface area (Å²) in [7, 11) is 0. The largest absolute Gasteiger partial charge is 0.278 e. The molecule has 3 nitrogen and oxygen atoms in total. The molecule has 0 amide bonds. The Labute approximate surface area is 251 Å². The molecule has 0 N–H and O–H groups in total. The number of fused-ring (bicyclic) bond motifs is 9. The lowest BCUT2D eigenvalue weighted by molar-refractivity contribution is 0.656. The van der Waals surface area contributed by atoms with Gasteiger partial charge in [-0.15, -0.1) is 0 Å². The van der Waals surface area contributed by atoms with Crippen molar-refractivity contribution in [3.8, 4) is 39.6 Å². The van der Waals surface area contributed by atoms with E-state index in [0.29, 0.717) is 0 Å². The van der Waals surface area contributed by atoms with E-state index in [9.17, 15) is 0 Å². The number of aromatic nitrogens is 3. The van der Waals surface area contributed by atoms with Crippen LogP contribution in [0.3, 0.4) is 0 Å². The van der Waals surface area contributed by atoms with E-state index in [0.717, 1.165) is 41.0 Å². The molecule has 3 aliphatic carbocycles. The maximum absolute atomic E-state index is 5.46. The maximum Gasteiger partial charge on any atom is 0.235 e. The summed E-state index contributed by atoms with van der Waals surface area (Å²) in [6, 6.07) is 33.0. The fourth-order valence-corrected chi connectivity index (χ4v) is 8.16. The van der Waals surface area contributed by atoms with Crippen LogP contribution in [0.15, 0.2) is 91.0 Å². The Bertz CT molecular complexity index is 2280. The average molecular weight is 556 g/mol. The number of rotatable bonds is 2. The minimum Gasteiger partial charge on any atom is -0.278 e. The first-order valence-electron chi connectivity index (χ1n) is 15.4. The van der Waals surface area contributed by atoms with Crippen molar-refractivity contribution in [3.63, 3.8) is 0 Å². The zero-order chi connectivity index (χ0) is 29.1. The van der Waals surface area contributed by atoms with Crippen molar-refractivity contribution in [3.05, 3.63) is 124 Å². The van der Waals surface area contributed by atoms with E-state index in [4.69, 9.17) is 9.97 Å². The Morgan fingerprint density at radius 2 is 1.30 bits per heavy atom. The highest BCUT2D eigenvalue weighted by atomic mass is 15.2. The third-order valence-corrected chi connectivity index (χ3v) is 10.2. The molecule has 0 bridgehead atoms. The molecule has 0 spiro atoms. The van der Waals surface area contributed by atoms with Gasteiger partial charge in [-0.3, -0.25) is 4.57 Å². The summed E-state index contributed by atoms with van der Waals surface area (Å²) in [5.74, 6) is 0.746. The van der Waals surface area contributed by atoms with Crippen molar-refractivity contribution in [2.24, 2.45) is 0 Å². The fourth-order valence-electron chi connectivity index (χ4n) is 8.16. The van der Waals surface area contributed by atoms with Gasteiger partial charge in [-0.2, -0.15) is 0 Å². The number of nitrogens with zero attached hydrogens (tertiary/aromatic N) is 3. The molecule has 43 heavy (non-hydrogen) atoms. The Kier molecular flexibility index (Phi) is 4.85. The second kappa shape index (κ2) is 8.41. The van der Waals surface area contributed by atoms with Crippen LogP contribution < -0.4 is 10.6 Å². The van der Waals surface area contributed by atoms with E-state index in [2.05, 4.69) is 135 Å². The molecule has 4 aromatic carbocycles. The van der Waals surface area contributed by atoms with Crippen LogP contribution in [0.1, 0.15) is 62.8 Å². The molecule has 2 heterocycles. The molecule has 208 valence electrons. The second-order valence-electron chi connectivity index (χ2n) is 13.3. The summed E-state index contributed by atoms with van der Waals surface area (Å²) in [6.07, 6.45) is 6.91. The number of hydrogen-bond acceptors (Lipinski definition) is 2. The first-order valence-corrected chi connectivity index (χ1v) is 15.4. The van der Waals surface area contributed by atoms with Crippen LogP contribution in [0.25, 0.3) is 62.6 Å². The van der Waals surface area contributed by atoms with Crippen molar-refractivity contribution in [2.45, 2.75) is 51.4 Å². The van der Waals surface area contributed by atoms with E-state index in [1.165, 1.54) is 55.2 Å². The molecule has 0 saturated carbocycles. The SMILES string of the molecule is CC1(C)c2ccccc2-c2cc3c(-c4ccccc4)nc(-n4c5c(c6c4=CCCC=6)C(C)(C)c4ccccc4-5)nc3cc21. The molecule has 0 radical (unpaired) electrons. The van der Waals surface area contributed by atoms with Crippen LogP contribution in [0, 0.1) is 0 Å².